The molecule has 2 N–H and O–H groups in total. The zero-order chi connectivity index (χ0) is 16.0. The molecule has 0 aliphatic rings. The highest BCUT2D eigenvalue weighted by Crippen LogP contribution is 2.13. The van der Waals surface area contributed by atoms with E-state index in [0.717, 1.165) is 5.56 Å². The average Bonchev–Trinajstić information content (AvgIpc) is 2.38. The van der Waals surface area contributed by atoms with Crippen molar-refractivity contribution in [1.29, 1.82) is 0 Å². The first-order valence-electron chi connectivity index (χ1n) is 6.50. The number of carboxylic acid groups (broad SMARTS) is 1. The number of amides is 1. The Morgan fingerprint density at radius 3 is 2.33 bits per heavy atom. The third-order valence-electron chi connectivity index (χ3n) is 3.00. The molecule has 0 aromatic heterocycles. The lowest BCUT2D eigenvalue weighted by Gasteiger charge is -2.20. The molecule has 1 aromatic rings. The fourth-order valence-electron chi connectivity index (χ4n) is 1.70. The summed E-state index contributed by atoms with van der Waals surface area (Å²) in [5.41, 5.74) is -0.365. The van der Waals surface area contributed by atoms with Gasteiger partial charge in [-0.15, -0.1) is 0 Å². The van der Waals surface area contributed by atoms with Crippen LogP contribution in [0.25, 0.3) is 0 Å². The first kappa shape index (κ1) is 16.6. The van der Waals surface area contributed by atoms with E-state index in [1.807, 2.05) is 0 Å². The highest BCUT2D eigenvalue weighted by Gasteiger charge is 2.28. The maximum absolute atomic E-state index is 11.6. The molecular formula is C14H18N2O5. The number of carboxylic acids is 1. The number of nitrogens with zero attached hydrogens (tertiary/aromatic N) is 1. The van der Waals surface area contributed by atoms with E-state index >= 15 is 0 Å². The Kier molecular flexibility index (Phi) is 5.40. The van der Waals surface area contributed by atoms with Crippen LogP contribution in [0.2, 0.25) is 0 Å². The molecule has 1 aromatic carbocycles. The van der Waals surface area contributed by atoms with Gasteiger partial charge in [-0.05, 0) is 32.3 Å². The van der Waals surface area contributed by atoms with Crippen LogP contribution in [0.3, 0.4) is 0 Å². The number of aliphatic carboxylic acids is 1. The topological polar surface area (TPSA) is 110 Å². The van der Waals surface area contributed by atoms with Crippen molar-refractivity contribution < 1.29 is 19.6 Å². The maximum atomic E-state index is 11.6. The largest absolute Gasteiger partial charge is 0.480 e. The SMILES string of the molecule is CC(C)(NC(=O)CCCc1ccc([N+](=O)[O-])cc1)C(=O)O. The van der Waals surface area contributed by atoms with E-state index in [1.54, 1.807) is 12.1 Å². The maximum Gasteiger partial charge on any atom is 0.328 e. The number of nitro groups is 1. The number of aryl methyl sites for hydroxylation is 1. The lowest BCUT2D eigenvalue weighted by Crippen LogP contribution is -2.49. The number of carbonyl (C=O) groups is 2. The predicted octanol–water partition coefficient (Wildman–Crippen LogP) is 1.90. The minimum Gasteiger partial charge on any atom is -0.480 e. The molecule has 1 rings (SSSR count). The number of nitro benzene ring substituents is 1. The van der Waals surface area contributed by atoms with Crippen molar-refractivity contribution in [3.05, 3.63) is 39.9 Å². The normalized spacial score (nSPS) is 11.0. The molecule has 0 aliphatic carbocycles. The average molecular weight is 294 g/mol. The quantitative estimate of drug-likeness (QED) is 0.589. The fraction of sp³-hybridized carbons (Fsp3) is 0.429. The van der Waals surface area contributed by atoms with Crippen LogP contribution in [0.15, 0.2) is 24.3 Å². The predicted molar refractivity (Wildman–Crippen MR) is 75.9 cm³/mol. The van der Waals surface area contributed by atoms with Crippen LogP contribution in [0.1, 0.15) is 32.3 Å². The van der Waals surface area contributed by atoms with Crippen molar-refractivity contribution in [3.8, 4) is 0 Å². The number of hydrogen-bond donors (Lipinski definition) is 2. The lowest BCUT2D eigenvalue weighted by atomic mass is 10.0. The Balaban J connectivity index is 2.41. The van der Waals surface area contributed by atoms with E-state index in [9.17, 15) is 19.7 Å². The minimum absolute atomic E-state index is 0.0275. The van der Waals surface area contributed by atoms with E-state index in [1.165, 1.54) is 26.0 Å². The fourth-order valence-corrected chi connectivity index (χ4v) is 1.70. The Labute approximate surface area is 122 Å². The van der Waals surface area contributed by atoms with Gasteiger partial charge in [0.1, 0.15) is 5.54 Å². The van der Waals surface area contributed by atoms with Crippen LogP contribution in [-0.2, 0) is 16.0 Å². The number of benzene rings is 1. The summed E-state index contributed by atoms with van der Waals surface area (Å²) < 4.78 is 0. The summed E-state index contributed by atoms with van der Waals surface area (Å²) in [6, 6.07) is 6.14. The molecule has 0 saturated carbocycles. The number of hydrogen-bond acceptors (Lipinski definition) is 4. The Morgan fingerprint density at radius 1 is 1.29 bits per heavy atom. The highest BCUT2D eigenvalue weighted by atomic mass is 16.6. The van der Waals surface area contributed by atoms with Crippen LogP contribution >= 0.6 is 0 Å². The van der Waals surface area contributed by atoms with Gasteiger partial charge in [-0.2, -0.15) is 0 Å². The Morgan fingerprint density at radius 2 is 1.86 bits per heavy atom. The van der Waals surface area contributed by atoms with E-state index in [4.69, 9.17) is 5.11 Å². The van der Waals surface area contributed by atoms with Gasteiger partial charge in [-0.1, -0.05) is 12.1 Å². The van der Waals surface area contributed by atoms with Crippen molar-refractivity contribution in [2.24, 2.45) is 0 Å². The molecule has 0 unspecified atom stereocenters. The molecule has 0 fully saturated rings. The zero-order valence-corrected chi connectivity index (χ0v) is 12.0. The van der Waals surface area contributed by atoms with Gasteiger partial charge in [0.25, 0.3) is 5.69 Å². The second kappa shape index (κ2) is 6.83. The van der Waals surface area contributed by atoms with Crippen molar-refractivity contribution in [3.63, 3.8) is 0 Å². The molecule has 0 saturated heterocycles. The summed E-state index contributed by atoms with van der Waals surface area (Å²) in [5.74, 6) is -1.42. The number of carbonyl (C=O) groups excluding carboxylic acids is 1. The van der Waals surface area contributed by atoms with Crippen molar-refractivity contribution in [1.82, 2.24) is 5.32 Å². The van der Waals surface area contributed by atoms with Crippen LogP contribution < -0.4 is 5.32 Å². The number of nitrogens with one attached hydrogen (secondary N) is 1. The molecule has 7 heteroatoms. The molecular weight excluding hydrogens is 276 g/mol. The molecule has 1 amide bonds. The molecule has 114 valence electrons. The summed E-state index contributed by atoms with van der Waals surface area (Å²) in [6.45, 7) is 2.84. The molecule has 7 nitrogen and oxygen atoms in total. The Bertz CT molecular complexity index is 537. The molecule has 0 bridgehead atoms. The lowest BCUT2D eigenvalue weighted by molar-refractivity contribution is -0.384. The molecule has 0 radical (unpaired) electrons. The van der Waals surface area contributed by atoms with E-state index < -0.39 is 16.4 Å². The van der Waals surface area contributed by atoms with Crippen LogP contribution in [0, 0.1) is 10.1 Å². The second-order valence-corrected chi connectivity index (χ2v) is 5.26. The molecule has 21 heavy (non-hydrogen) atoms. The Hall–Kier alpha value is -2.44. The molecule has 0 spiro atoms. The summed E-state index contributed by atoms with van der Waals surface area (Å²) in [5, 5.41) is 21.8. The van der Waals surface area contributed by atoms with Crippen LogP contribution in [-0.4, -0.2) is 27.4 Å². The molecule has 0 heterocycles. The van der Waals surface area contributed by atoms with Gasteiger partial charge in [0.05, 0.1) is 4.92 Å². The number of non-ortho nitro benzene ring substituents is 1. The summed E-state index contributed by atoms with van der Waals surface area (Å²) in [7, 11) is 0. The molecule has 0 atom stereocenters. The standard InChI is InChI=1S/C14H18N2O5/c1-14(2,13(18)19)15-12(17)5-3-4-10-6-8-11(9-7-10)16(20)21/h6-9H,3-5H2,1-2H3,(H,15,17)(H,18,19). The van der Waals surface area contributed by atoms with Gasteiger partial charge in [-0.3, -0.25) is 14.9 Å². The first-order chi connectivity index (χ1) is 9.72. The monoisotopic (exact) mass is 294 g/mol. The van der Waals surface area contributed by atoms with Crippen LogP contribution in [0.4, 0.5) is 5.69 Å². The van der Waals surface area contributed by atoms with Gasteiger partial charge < -0.3 is 10.4 Å². The van der Waals surface area contributed by atoms with Crippen molar-refractivity contribution in [2.45, 2.75) is 38.6 Å². The van der Waals surface area contributed by atoms with E-state index in [2.05, 4.69) is 5.32 Å². The first-order valence-corrected chi connectivity index (χ1v) is 6.50. The molecule has 0 aliphatic heterocycles. The summed E-state index contributed by atoms with van der Waals surface area (Å²) in [6.07, 6.45) is 1.34. The summed E-state index contributed by atoms with van der Waals surface area (Å²) >= 11 is 0. The third-order valence-corrected chi connectivity index (χ3v) is 3.00. The van der Waals surface area contributed by atoms with E-state index in [0.29, 0.717) is 12.8 Å². The van der Waals surface area contributed by atoms with Gasteiger partial charge in [0, 0.05) is 18.6 Å². The summed E-state index contributed by atoms with van der Waals surface area (Å²) in [4.78, 5) is 32.5. The smallest absolute Gasteiger partial charge is 0.328 e. The number of rotatable bonds is 7. The zero-order valence-electron chi connectivity index (χ0n) is 12.0. The van der Waals surface area contributed by atoms with Gasteiger partial charge in [0.2, 0.25) is 5.91 Å². The second-order valence-electron chi connectivity index (χ2n) is 5.26. The van der Waals surface area contributed by atoms with Crippen LogP contribution in [0.5, 0.6) is 0 Å². The third kappa shape index (κ3) is 5.21. The van der Waals surface area contributed by atoms with Gasteiger partial charge in [0.15, 0.2) is 0 Å². The highest BCUT2D eigenvalue weighted by molar-refractivity contribution is 5.86. The minimum atomic E-state index is -1.29. The van der Waals surface area contributed by atoms with Gasteiger partial charge >= 0.3 is 5.97 Å². The van der Waals surface area contributed by atoms with Gasteiger partial charge in [-0.25, -0.2) is 4.79 Å². The van der Waals surface area contributed by atoms with E-state index in [-0.39, 0.29) is 18.0 Å². The van der Waals surface area contributed by atoms with Crippen molar-refractivity contribution in [2.75, 3.05) is 0 Å². The van der Waals surface area contributed by atoms with Crippen molar-refractivity contribution >= 4 is 17.6 Å².